The van der Waals surface area contributed by atoms with Gasteiger partial charge in [-0.2, -0.15) is 0 Å². The molecule has 27 nitrogen and oxygen atoms in total. The molecular formula is C81H144N12O15. The fourth-order valence-electron chi connectivity index (χ4n) is 15.4. The highest BCUT2D eigenvalue weighted by molar-refractivity contribution is 5.99. The highest BCUT2D eigenvalue weighted by Gasteiger charge is 2.45. The Balaban J connectivity index is 2.00. The average Bonchev–Trinajstić information content (AvgIpc) is 0.810. The van der Waals surface area contributed by atoms with Crippen LogP contribution in [0.1, 0.15) is 245 Å². The van der Waals surface area contributed by atoms with Gasteiger partial charge in [-0.1, -0.05) is 140 Å². The number of nitrogens with one attached hydrogen (secondary N) is 4. The second-order valence-corrected chi connectivity index (χ2v) is 34.7. The summed E-state index contributed by atoms with van der Waals surface area (Å²) in [5.74, 6) is -8.34. The van der Waals surface area contributed by atoms with Crippen molar-refractivity contribution >= 4 is 70.9 Å². The first-order valence-electron chi connectivity index (χ1n) is 40.8. The van der Waals surface area contributed by atoms with Gasteiger partial charge in [0.2, 0.25) is 70.9 Å². The highest BCUT2D eigenvalue weighted by atomic mass is 16.5. The monoisotopic (exact) mass is 1530 g/mol. The molecule has 4 aliphatic rings. The molecule has 2 heterocycles. The van der Waals surface area contributed by atoms with Gasteiger partial charge in [0.05, 0.1) is 37.9 Å². The molecule has 27 heteroatoms. The molecule has 12 atom stereocenters. The van der Waals surface area contributed by atoms with E-state index in [0.717, 1.165) is 83.5 Å². The molecule has 2 saturated carbocycles. The molecule has 2 aliphatic heterocycles. The average molecular weight is 1530 g/mol. The van der Waals surface area contributed by atoms with Crippen LogP contribution in [0, 0.1) is 41.4 Å². The van der Waals surface area contributed by atoms with Gasteiger partial charge in [-0.05, 0) is 133 Å². The zero-order valence-electron chi connectivity index (χ0n) is 70.1. The number of piperidine rings is 1. The van der Waals surface area contributed by atoms with Crippen molar-refractivity contribution in [2.75, 3.05) is 88.8 Å². The Labute approximate surface area is 647 Å². The number of amides is 12. The number of rotatable bonds is 21. The van der Waals surface area contributed by atoms with Crippen LogP contribution in [0.4, 0.5) is 0 Å². The van der Waals surface area contributed by atoms with Crippen LogP contribution in [0.15, 0.2) is 0 Å². The Morgan fingerprint density at radius 2 is 0.852 bits per heavy atom. The summed E-state index contributed by atoms with van der Waals surface area (Å²) in [6.45, 7) is 25.7. The van der Waals surface area contributed by atoms with Crippen LogP contribution in [-0.4, -0.2) is 276 Å². The normalized spacial score (nSPS) is 26.9. The molecule has 0 aromatic rings. The van der Waals surface area contributed by atoms with E-state index >= 15 is 38.4 Å². The van der Waals surface area contributed by atoms with E-state index in [-0.39, 0.29) is 107 Å². The van der Waals surface area contributed by atoms with Crippen LogP contribution < -0.4 is 21.3 Å². The number of carbonyl (C=O) groups excluding carboxylic acids is 12. The lowest BCUT2D eigenvalue weighted by molar-refractivity contribution is -0.152. The number of aliphatic hydroxyl groups excluding tert-OH is 1. The molecular weight excluding hydrogens is 1380 g/mol. The minimum Gasteiger partial charge on any atom is -0.391 e. The smallest absolute Gasteiger partial charge is 0.247 e. The molecule has 0 unspecified atom stereocenters. The van der Waals surface area contributed by atoms with Crippen molar-refractivity contribution in [1.29, 1.82) is 0 Å². The van der Waals surface area contributed by atoms with Gasteiger partial charge in [-0.15, -0.1) is 0 Å². The summed E-state index contributed by atoms with van der Waals surface area (Å²) in [6, 6.07) is -12.5. The third kappa shape index (κ3) is 29.3. The SMILES string of the molecule is CC[C@H](C)[C@@H]1NC(=O)[C@H](CC(C)C)N(C)C(=O)[C@H](COC(C)(C)C)NC(=O)[C@H](CC2CCCCC2)N(C)C(=O)[C@H](CC2CCCCC2)N(C)C(=O)[C@H](COC[C@@H](C)O)NC(=O)[C@H](CC(C)C)N(C)C(=O)CCCN(C)C(=O)C[C@@H](C(=O)N2CCCCC2)NC(=O)[C@H](CC(C)C)N(C)C(=O)[C@H](CC(C)C)N(C)C1=O. The van der Waals surface area contributed by atoms with Crippen LogP contribution in [0.2, 0.25) is 0 Å². The van der Waals surface area contributed by atoms with Crippen molar-refractivity contribution in [3.63, 3.8) is 0 Å². The Bertz CT molecular complexity index is 2920. The van der Waals surface area contributed by atoms with E-state index in [9.17, 15) is 24.3 Å². The summed E-state index contributed by atoms with van der Waals surface area (Å²) in [7, 11) is 10.6. The van der Waals surface area contributed by atoms with E-state index in [2.05, 4.69) is 21.3 Å². The third-order valence-corrected chi connectivity index (χ3v) is 22.4. The third-order valence-electron chi connectivity index (χ3n) is 22.4. The van der Waals surface area contributed by atoms with E-state index < -0.39 is 162 Å². The first kappa shape index (κ1) is 93.9. The van der Waals surface area contributed by atoms with Gasteiger partial charge in [0, 0.05) is 75.4 Å². The van der Waals surface area contributed by atoms with Crippen molar-refractivity contribution in [3.8, 4) is 0 Å². The summed E-state index contributed by atoms with van der Waals surface area (Å²) >= 11 is 0. The van der Waals surface area contributed by atoms with Gasteiger partial charge in [-0.3, -0.25) is 57.5 Å². The molecule has 12 amide bonds. The van der Waals surface area contributed by atoms with Crippen LogP contribution in [0.25, 0.3) is 0 Å². The quantitative estimate of drug-likeness (QED) is 0.0778. The topological polar surface area (TPSA) is 318 Å². The Morgan fingerprint density at radius 1 is 0.454 bits per heavy atom. The maximum atomic E-state index is 15.9. The fraction of sp³-hybridized carbons (Fsp3) is 0.852. The fourth-order valence-corrected chi connectivity index (χ4v) is 15.4. The lowest BCUT2D eigenvalue weighted by Gasteiger charge is -2.39. The molecule has 0 aromatic heterocycles. The number of aliphatic hydroxyl groups is 1. The van der Waals surface area contributed by atoms with Gasteiger partial charge in [0.1, 0.15) is 60.4 Å². The number of nitrogens with zero attached hydrogens (tertiary/aromatic N) is 8. The molecule has 0 spiro atoms. The van der Waals surface area contributed by atoms with Gasteiger partial charge < -0.3 is 75.0 Å². The van der Waals surface area contributed by atoms with Crippen LogP contribution >= 0.6 is 0 Å². The summed E-state index contributed by atoms with van der Waals surface area (Å²) in [5, 5.41) is 22.3. The number of hydrogen-bond acceptors (Lipinski definition) is 15. The van der Waals surface area contributed by atoms with E-state index in [4.69, 9.17) is 9.47 Å². The number of likely N-dealkylation sites (N-methyl/N-ethyl adjacent to an activating group) is 6. The summed E-state index contributed by atoms with van der Waals surface area (Å²) in [5.41, 5.74) is -0.835. The maximum absolute atomic E-state index is 15.9. The molecule has 2 aliphatic carbocycles. The molecule has 5 N–H and O–H groups in total. The van der Waals surface area contributed by atoms with Crippen LogP contribution in [0.3, 0.4) is 0 Å². The molecule has 0 bridgehead atoms. The number of carbonyl (C=O) groups is 12. The van der Waals surface area contributed by atoms with Crippen molar-refractivity contribution in [2.45, 2.75) is 317 Å². The minimum atomic E-state index is -1.44. The highest BCUT2D eigenvalue weighted by Crippen LogP contribution is 2.33. The van der Waals surface area contributed by atoms with Gasteiger partial charge in [0.25, 0.3) is 0 Å². The van der Waals surface area contributed by atoms with Crippen molar-refractivity contribution < 1.29 is 72.1 Å². The van der Waals surface area contributed by atoms with E-state index in [1.165, 1.54) is 76.5 Å². The zero-order valence-corrected chi connectivity index (χ0v) is 70.1. The number of likely N-dealkylation sites (tertiary alicyclic amines) is 1. The molecule has 618 valence electrons. The second-order valence-electron chi connectivity index (χ2n) is 34.7. The van der Waals surface area contributed by atoms with E-state index in [1.54, 1.807) is 39.8 Å². The van der Waals surface area contributed by atoms with E-state index in [0.29, 0.717) is 19.5 Å². The largest absolute Gasteiger partial charge is 0.391 e. The predicted octanol–water partition coefficient (Wildman–Crippen LogP) is 6.93. The van der Waals surface area contributed by atoms with Gasteiger partial charge in [0.15, 0.2) is 0 Å². The van der Waals surface area contributed by atoms with Crippen molar-refractivity contribution in [1.82, 2.24) is 60.5 Å². The summed E-state index contributed by atoms with van der Waals surface area (Å²) in [6.07, 6.45) is 11.1. The number of hydrogen-bond donors (Lipinski definition) is 5. The van der Waals surface area contributed by atoms with E-state index in [1.807, 2.05) is 69.2 Å². The van der Waals surface area contributed by atoms with Crippen LogP contribution in [-0.2, 0) is 67.0 Å². The molecule has 0 aromatic carbocycles. The number of ether oxygens (including phenoxy) is 2. The van der Waals surface area contributed by atoms with Crippen molar-refractivity contribution in [3.05, 3.63) is 0 Å². The Kier molecular flexibility index (Phi) is 39.2. The van der Waals surface area contributed by atoms with Gasteiger partial charge >= 0.3 is 0 Å². The Hall–Kier alpha value is -6.48. The first-order chi connectivity index (χ1) is 50.6. The zero-order chi connectivity index (χ0) is 81.2. The molecule has 4 rings (SSSR count). The summed E-state index contributed by atoms with van der Waals surface area (Å²) < 4.78 is 12.3. The molecule has 108 heavy (non-hydrogen) atoms. The Morgan fingerprint density at radius 3 is 1.33 bits per heavy atom. The lowest BCUT2D eigenvalue weighted by atomic mass is 9.83. The van der Waals surface area contributed by atoms with Crippen molar-refractivity contribution in [2.24, 2.45) is 41.4 Å². The standard InChI is InChI=1S/C81H144N12O15/c1-22-55(10)70-80(106)92(21)66(44-54(8)9)78(104)89(18)63(42-52(4)5)72(98)82-59(77(103)93-39-30-25-31-40-93)47-69(96)86(15)38-32-37-68(95)87(16)62(41-51(2)3)71(97)83-60(49-107-48-56(11)94)75(101)91(20)67(46-58-35-28-24-29-36-58)79(105)90(19)65(45-57-33-26-23-27-34-57)73(99)84-61(50-108-81(12,13)14)76(102)88(17)64(43-53(6)7)74(100)85-70/h51-67,70,94H,22-50H2,1-21H3,(H,82,98)(H,83,97)(H,84,99)(H,85,100)/t55-,56+,59-,60-,61-,62-,63-,64-,65-,66-,67-,70-/m0/s1. The summed E-state index contributed by atoms with van der Waals surface area (Å²) in [4.78, 5) is 194. The van der Waals surface area contributed by atoms with Crippen LogP contribution in [0.5, 0.6) is 0 Å². The molecule has 4 fully saturated rings. The molecule has 2 saturated heterocycles. The second kappa shape index (κ2) is 45.1. The maximum Gasteiger partial charge on any atom is 0.247 e. The lowest BCUT2D eigenvalue weighted by Crippen LogP contribution is -2.63. The predicted molar refractivity (Wildman–Crippen MR) is 417 cm³/mol. The molecule has 0 radical (unpaired) electrons. The van der Waals surface area contributed by atoms with Gasteiger partial charge in [-0.25, -0.2) is 0 Å². The minimum absolute atomic E-state index is 0.000755. The first-order valence-corrected chi connectivity index (χ1v) is 40.8.